The SMILES string of the molecule is CC[C@H](C)[C@H]1NC(=O)[C@H](Cc2c[nH]c3ccccc23)NC(=O)[C@H](CCCN)NC(=O)CNC(=O)[C@H](CC(N)=O)NC(=O)[C@H](C(C)C)NC(=O)[C@H]([C@@H](C)O)NC(=O)[C@H](C(C)C)NC(=O)[C@H](Cc2c[nH]c3ccccc23)NC(=O)[C@H](CCCNC(=N)N)NC(=O)[C@@H](NC(C)=O)CSSC[C@@H](C(N)=O)NC(=O)[C@H](CCC(N)=O)NC(=O)[C@H](CCCCN)NC1=O. The minimum absolute atomic E-state index is 0.000837. The van der Waals surface area contributed by atoms with Gasteiger partial charge in [0, 0.05) is 78.4 Å². The van der Waals surface area contributed by atoms with Gasteiger partial charge in [0.15, 0.2) is 5.96 Å². The predicted octanol–water partition coefficient (Wildman–Crippen LogP) is -5.24. The summed E-state index contributed by atoms with van der Waals surface area (Å²) in [7, 11) is 1.80. The zero-order valence-electron chi connectivity index (χ0n) is 69.7. The van der Waals surface area contributed by atoms with Crippen LogP contribution in [0.3, 0.4) is 0 Å². The van der Waals surface area contributed by atoms with Gasteiger partial charge in [0.05, 0.1) is 19.1 Å². The Morgan fingerprint density at radius 1 is 0.484 bits per heavy atom. The highest BCUT2D eigenvalue weighted by Crippen LogP contribution is 2.26. The zero-order valence-corrected chi connectivity index (χ0v) is 71.3. The second-order valence-electron chi connectivity index (χ2n) is 30.6. The lowest BCUT2D eigenvalue weighted by Crippen LogP contribution is -2.63. The first-order chi connectivity index (χ1) is 57.8. The highest BCUT2D eigenvalue weighted by molar-refractivity contribution is 8.76. The molecule has 1 aliphatic rings. The Labute approximate surface area is 713 Å². The number of hydrogen-bond donors (Lipinski definition) is 25. The average Bonchev–Trinajstić information content (AvgIpc) is 1.64. The van der Waals surface area contributed by atoms with Crippen LogP contribution in [-0.2, 0) is 94.3 Å². The van der Waals surface area contributed by atoms with Crippen molar-refractivity contribution in [3.05, 3.63) is 72.1 Å². The highest BCUT2D eigenvalue weighted by atomic mass is 33.1. The molecule has 2 aromatic carbocycles. The second kappa shape index (κ2) is 50.6. The quantitative estimate of drug-likeness (QED) is 0.0115. The predicted molar refractivity (Wildman–Crippen MR) is 455 cm³/mol. The molecule has 0 saturated carbocycles. The molecule has 5 rings (SSSR count). The molecule has 1 saturated heterocycles. The Bertz CT molecular complexity index is 4330. The maximum atomic E-state index is 15.0. The van der Waals surface area contributed by atoms with Crippen LogP contribution in [0.5, 0.6) is 0 Å². The van der Waals surface area contributed by atoms with Gasteiger partial charge in [-0.1, -0.05) is 106 Å². The van der Waals surface area contributed by atoms with E-state index in [1.807, 2.05) is 0 Å². The molecule has 42 nitrogen and oxygen atoms in total. The lowest BCUT2D eigenvalue weighted by atomic mass is 9.96. The third kappa shape index (κ3) is 32.7. The first-order valence-corrected chi connectivity index (χ1v) is 42.8. The molecule has 0 bridgehead atoms. The molecule has 122 heavy (non-hydrogen) atoms. The van der Waals surface area contributed by atoms with E-state index in [0.29, 0.717) is 39.4 Å². The van der Waals surface area contributed by atoms with Crippen molar-refractivity contribution >= 4 is 150 Å². The number of carbonyl (C=O) groups is 17. The Morgan fingerprint density at radius 3 is 1.41 bits per heavy atom. The van der Waals surface area contributed by atoms with Gasteiger partial charge in [-0.05, 0) is 112 Å². The van der Waals surface area contributed by atoms with Gasteiger partial charge in [-0.2, -0.15) is 0 Å². The number of nitrogens with one attached hydrogen (secondary N) is 18. The maximum absolute atomic E-state index is 15.0. The van der Waals surface area contributed by atoms with Gasteiger partial charge in [-0.25, -0.2) is 0 Å². The molecule has 0 unspecified atom stereocenters. The van der Waals surface area contributed by atoms with Crippen LogP contribution in [0.2, 0.25) is 0 Å². The number of aromatic nitrogens is 2. The Balaban J connectivity index is 1.61. The lowest BCUT2D eigenvalue weighted by molar-refractivity contribution is -0.138. The van der Waals surface area contributed by atoms with Gasteiger partial charge in [-0.3, -0.25) is 86.9 Å². The van der Waals surface area contributed by atoms with Crippen LogP contribution in [0, 0.1) is 23.2 Å². The lowest BCUT2D eigenvalue weighted by Gasteiger charge is -2.30. The summed E-state index contributed by atoms with van der Waals surface area (Å²) in [5.74, 6) is -20.3. The number of unbranched alkanes of at least 4 members (excludes halogenated alkanes) is 1. The molecule has 44 heteroatoms. The number of hydrogen-bond acceptors (Lipinski definition) is 23. The number of H-pyrrole nitrogens is 2. The molecule has 1 fully saturated rings. The van der Waals surface area contributed by atoms with Crippen LogP contribution < -0.4 is 114 Å². The zero-order chi connectivity index (χ0) is 90.6. The smallest absolute Gasteiger partial charge is 0.245 e. The summed E-state index contributed by atoms with van der Waals surface area (Å²) in [6, 6.07) is -6.59. The van der Waals surface area contributed by atoms with Crippen molar-refractivity contribution in [3.63, 3.8) is 0 Å². The fourth-order valence-electron chi connectivity index (χ4n) is 13.0. The summed E-state index contributed by atoms with van der Waals surface area (Å²) < 4.78 is 0. The molecular formula is C78H120N24O18S2. The Morgan fingerprint density at radius 2 is 0.910 bits per heavy atom. The molecule has 672 valence electrons. The van der Waals surface area contributed by atoms with E-state index in [2.05, 4.69) is 89.7 Å². The fourth-order valence-corrected chi connectivity index (χ4v) is 15.4. The fraction of sp³-hybridized carbons (Fsp3) is 0.564. The van der Waals surface area contributed by atoms with Crippen LogP contribution in [0.25, 0.3) is 21.8 Å². The number of rotatable bonds is 27. The van der Waals surface area contributed by atoms with Gasteiger partial charge in [-0.15, -0.1) is 0 Å². The number of aliphatic hydroxyl groups is 1. The van der Waals surface area contributed by atoms with Crippen molar-refractivity contribution in [2.75, 3.05) is 37.7 Å². The van der Waals surface area contributed by atoms with Crippen molar-refractivity contribution in [3.8, 4) is 0 Å². The topological polar surface area (TPSA) is 702 Å². The van der Waals surface area contributed by atoms with Gasteiger partial charge < -0.3 is 129 Å². The van der Waals surface area contributed by atoms with Crippen LogP contribution >= 0.6 is 21.6 Å². The minimum atomic E-state index is -1.88. The van der Waals surface area contributed by atoms with Gasteiger partial charge in [0.25, 0.3) is 0 Å². The van der Waals surface area contributed by atoms with Crippen LogP contribution in [0.4, 0.5) is 0 Å². The molecule has 31 N–H and O–H groups in total. The summed E-state index contributed by atoms with van der Waals surface area (Å²) in [5.41, 5.74) is 36.6. The van der Waals surface area contributed by atoms with E-state index in [1.165, 1.54) is 27.7 Å². The summed E-state index contributed by atoms with van der Waals surface area (Å²) in [4.78, 5) is 247. The largest absolute Gasteiger partial charge is 0.391 e. The first kappa shape index (κ1) is 101. The molecule has 15 atom stereocenters. The molecule has 0 aliphatic carbocycles. The van der Waals surface area contributed by atoms with E-state index in [4.69, 9.17) is 39.8 Å². The molecule has 2 aromatic heterocycles. The standard InChI is InChI=1S/C78H120N24O18S2/c1-9-40(6)63-76(119)94-50(22-14-15-27-79)68(111)93-52(25-26-58(81)105)70(113)98-56(65(83)108)36-121-122-37-57(90-42(8)104)73(116)92-51(24-17-29-86-78(84)85)69(112)96-53(30-43-33-87-47-20-12-10-18-45(43)47)71(114)99-62(39(4)5)75(118)102-64(41(7)103)77(120)100-61(38(2)3)74(117)97-55(32-59(82)106)66(109)89-35-60(107)91-49(23-16-28-80)67(110)95-54(72(115)101-63)31-44-34-88-48-21-13-11-19-46(44)48/h10-13,18-21,33-34,38-41,49-57,61-64,87-88,103H,9,14-17,22-32,35-37,79-80H2,1-8H3,(H2,81,105)(H2,82,106)(H2,83,108)(H,89,109)(H,90,104)(H,91,107)(H,92,116)(H,93,111)(H,94,119)(H,95,110)(H,96,112)(H,97,117)(H,98,113)(H,99,114)(H,100,120)(H,101,115)(H,102,118)(H4,84,85,86)/t40-,41+,49-,50-,51-,52-,53-,54-,55-,56-,57-,61-,62-,63+,64-/m0/s1. The number of aliphatic hydroxyl groups excluding tert-OH is 1. The number of fused-ring (bicyclic) bond motifs is 2. The first-order valence-electron chi connectivity index (χ1n) is 40.3. The number of primary amides is 3. The van der Waals surface area contributed by atoms with E-state index >= 15 is 4.79 Å². The molecule has 0 spiro atoms. The van der Waals surface area contributed by atoms with E-state index in [1.54, 1.807) is 74.8 Å². The number of carbonyl (C=O) groups excluding carboxylic acids is 17. The summed E-state index contributed by atoms with van der Waals surface area (Å²) in [6.45, 7) is 10.9. The Hall–Kier alpha value is -11.6. The van der Waals surface area contributed by atoms with Gasteiger partial charge in [0.2, 0.25) is 100 Å². The molecular weight excluding hydrogens is 1630 g/mol. The number of benzene rings is 2. The van der Waals surface area contributed by atoms with Gasteiger partial charge in [0.1, 0.15) is 78.5 Å². The maximum Gasteiger partial charge on any atom is 0.245 e. The van der Waals surface area contributed by atoms with Crippen molar-refractivity contribution in [2.24, 2.45) is 52.2 Å². The normalized spacial score (nSPS) is 24.1. The van der Waals surface area contributed by atoms with Crippen molar-refractivity contribution in [1.29, 1.82) is 5.41 Å². The van der Waals surface area contributed by atoms with E-state index in [0.717, 1.165) is 35.4 Å². The average molecular weight is 1750 g/mol. The highest BCUT2D eigenvalue weighted by Gasteiger charge is 2.40. The summed E-state index contributed by atoms with van der Waals surface area (Å²) in [5, 5.41) is 58.7. The van der Waals surface area contributed by atoms with E-state index < -0.39 is 235 Å². The minimum Gasteiger partial charge on any atom is -0.391 e. The molecule has 17 amide bonds. The molecule has 3 heterocycles. The summed E-state index contributed by atoms with van der Waals surface area (Å²) in [6.07, 6.45) is -0.346. The van der Waals surface area contributed by atoms with Crippen molar-refractivity contribution in [1.82, 2.24) is 89.7 Å². The third-order valence-electron chi connectivity index (χ3n) is 20.0. The number of para-hydroxylation sites is 2. The van der Waals surface area contributed by atoms with Crippen LogP contribution in [-0.4, -0.2) is 244 Å². The molecule has 1 aliphatic heterocycles. The summed E-state index contributed by atoms with van der Waals surface area (Å²) >= 11 is 0. The number of nitrogens with two attached hydrogens (primary N) is 6. The van der Waals surface area contributed by atoms with Gasteiger partial charge >= 0.3 is 0 Å². The van der Waals surface area contributed by atoms with E-state index in [-0.39, 0.29) is 88.9 Å². The molecule has 0 radical (unpaired) electrons. The molecule has 4 aromatic rings. The third-order valence-corrected chi connectivity index (χ3v) is 22.5. The number of amides is 17. The van der Waals surface area contributed by atoms with Crippen LogP contribution in [0.1, 0.15) is 137 Å². The number of aromatic amines is 2. The van der Waals surface area contributed by atoms with Crippen molar-refractivity contribution < 1.29 is 86.6 Å². The van der Waals surface area contributed by atoms with E-state index in [9.17, 15) is 81.8 Å². The monoisotopic (exact) mass is 1740 g/mol. The second-order valence-corrected chi connectivity index (χ2v) is 33.1. The van der Waals surface area contributed by atoms with Crippen molar-refractivity contribution in [2.45, 2.75) is 224 Å². The Kier molecular flexibility index (Phi) is 41.8. The number of guanidine groups is 1. The van der Waals surface area contributed by atoms with Crippen LogP contribution in [0.15, 0.2) is 60.9 Å².